The number of allylic oxidation sites excluding steroid dienone is 5. The molecular formula is C21H26O2. The molecule has 1 N–H and O–H groups in total. The van der Waals surface area contributed by atoms with E-state index >= 15 is 0 Å². The van der Waals surface area contributed by atoms with Crippen molar-refractivity contribution in [2.45, 2.75) is 47.5 Å². The SMILES string of the molecule is CC1=CC(=Cc2cc(C)c(O)c(C(C)C)c2)C=C(C(C)C)C1=O. The number of carbonyl (C=O) groups is 1. The number of phenols is 1. The van der Waals surface area contributed by atoms with Crippen molar-refractivity contribution in [2.24, 2.45) is 5.92 Å². The molecule has 0 aliphatic heterocycles. The minimum absolute atomic E-state index is 0.141. The average molecular weight is 310 g/mol. The number of ketones is 1. The van der Waals surface area contributed by atoms with Crippen LogP contribution in [-0.2, 0) is 4.79 Å². The van der Waals surface area contributed by atoms with Gasteiger partial charge in [0.15, 0.2) is 5.78 Å². The van der Waals surface area contributed by atoms with Crippen LogP contribution in [0.1, 0.15) is 57.2 Å². The Kier molecular flexibility index (Phi) is 4.93. The highest BCUT2D eigenvalue weighted by Gasteiger charge is 2.19. The molecule has 122 valence electrons. The zero-order chi connectivity index (χ0) is 17.3. The summed E-state index contributed by atoms with van der Waals surface area (Å²) < 4.78 is 0. The molecule has 2 nitrogen and oxygen atoms in total. The number of benzene rings is 1. The van der Waals surface area contributed by atoms with E-state index in [2.05, 4.69) is 19.9 Å². The smallest absolute Gasteiger partial charge is 0.185 e. The lowest BCUT2D eigenvalue weighted by molar-refractivity contribution is -0.112. The van der Waals surface area contributed by atoms with Gasteiger partial charge in [-0.05, 0) is 83.9 Å². The molecule has 1 aliphatic carbocycles. The Morgan fingerprint density at radius 3 is 2.22 bits per heavy atom. The van der Waals surface area contributed by atoms with Gasteiger partial charge in [0, 0.05) is 5.57 Å². The summed E-state index contributed by atoms with van der Waals surface area (Å²) in [5, 5.41) is 10.2. The van der Waals surface area contributed by atoms with Crippen molar-refractivity contribution in [3.8, 4) is 5.75 Å². The van der Waals surface area contributed by atoms with E-state index in [0.29, 0.717) is 5.75 Å². The highest BCUT2D eigenvalue weighted by Crippen LogP contribution is 2.32. The highest BCUT2D eigenvalue weighted by atomic mass is 16.3. The molecule has 0 atom stereocenters. The molecule has 0 saturated heterocycles. The molecule has 0 radical (unpaired) electrons. The van der Waals surface area contributed by atoms with Crippen molar-refractivity contribution in [1.29, 1.82) is 0 Å². The van der Waals surface area contributed by atoms with Crippen molar-refractivity contribution in [2.75, 3.05) is 0 Å². The number of carbonyl (C=O) groups excluding carboxylic acids is 1. The van der Waals surface area contributed by atoms with Crippen molar-refractivity contribution in [3.63, 3.8) is 0 Å². The molecule has 0 spiro atoms. The van der Waals surface area contributed by atoms with Gasteiger partial charge in [0.2, 0.25) is 0 Å². The summed E-state index contributed by atoms with van der Waals surface area (Å²) in [6.07, 6.45) is 6.00. The Morgan fingerprint density at radius 1 is 1.00 bits per heavy atom. The Bertz CT molecular complexity index is 728. The quantitative estimate of drug-likeness (QED) is 0.820. The number of Topliss-reactive ketones (excluding diaryl/α,β-unsaturated/α-hetero) is 1. The number of hydrogen-bond acceptors (Lipinski definition) is 2. The molecule has 0 saturated carbocycles. The summed E-state index contributed by atoms with van der Waals surface area (Å²) >= 11 is 0. The fourth-order valence-corrected chi connectivity index (χ4v) is 2.89. The van der Waals surface area contributed by atoms with Gasteiger partial charge in [-0.25, -0.2) is 0 Å². The largest absolute Gasteiger partial charge is 0.507 e. The fraction of sp³-hybridized carbons (Fsp3) is 0.381. The third kappa shape index (κ3) is 3.64. The molecule has 2 heteroatoms. The van der Waals surface area contributed by atoms with Crippen LogP contribution >= 0.6 is 0 Å². The van der Waals surface area contributed by atoms with Crippen LogP contribution in [0.3, 0.4) is 0 Å². The van der Waals surface area contributed by atoms with Crippen LogP contribution in [0.25, 0.3) is 6.08 Å². The predicted molar refractivity (Wildman–Crippen MR) is 96.6 cm³/mol. The van der Waals surface area contributed by atoms with Crippen molar-refractivity contribution in [1.82, 2.24) is 0 Å². The van der Waals surface area contributed by atoms with Crippen LogP contribution < -0.4 is 0 Å². The molecule has 2 rings (SSSR count). The Balaban J connectivity index is 2.52. The molecule has 0 aromatic heterocycles. The Hall–Kier alpha value is -2.09. The molecule has 0 unspecified atom stereocenters. The number of rotatable bonds is 3. The zero-order valence-electron chi connectivity index (χ0n) is 14.9. The van der Waals surface area contributed by atoms with Gasteiger partial charge >= 0.3 is 0 Å². The van der Waals surface area contributed by atoms with Crippen LogP contribution in [0, 0.1) is 12.8 Å². The van der Waals surface area contributed by atoms with E-state index < -0.39 is 0 Å². The lowest BCUT2D eigenvalue weighted by atomic mass is 9.87. The topological polar surface area (TPSA) is 37.3 Å². The molecule has 1 aliphatic rings. The molecule has 0 amide bonds. The van der Waals surface area contributed by atoms with Crippen LogP contribution in [0.15, 0.2) is 41.0 Å². The second-order valence-electron chi connectivity index (χ2n) is 6.99. The molecule has 23 heavy (non-hydrogen) atoms. The lowest BCUT2D eigenvalue weighted by Gasteiger charge is -2.17. The average Bonchev–Trinajstić information content (AvgIpc) is 2.45. The normalized spacial score (nSPS) is 17.0. The van der Waals surface area contributed by atoms with Gasteiger partial charge < -0.3 is 5.11 Å². The third-order valence-corrected chi connectivity index (χ3v) is 4.26. The predicted octanol–water partition coefficient (Wildman–Crippen LogP) is 5.32. The second-order valence-corrected chi connectivity index (χ2v) is 6.99. The van der Waals surface area contributed by atoms with Crippen LogP contribution in [-0.4, -0.2) is 10.9 Å². The number of aromatic hydroxyl groups is 1. The number of phenolic OH excluding ortho intramolecular Hbond substituents is 1. The number of aryl methyl sites for hydroxylation is 1. The molecule has 1 aromatic carbocycles. The third-order valence-electron chi connectivity index (χ3n) is 4.26. The Labute approximate surface area is 139 Å². The summed E-state index contributed by atoms with van der Waals surface area (Å²) in [6.45, 7) is 12.0. The van der Waals surface area contributed by atoms with E-state index in [9.17, 15) is 9.90 Å². The molecular weight excluding hydrogens is 284 g/mol. The van der Waals surface area contributed by atoms with E-state index in [4.69, 9.17) is 0 Å². The summed E-state index contributed by atoms with van der Waals surface area (Å²) in [7, 11) is 0. The molecule has 0 bridgehead atoms. The van der Waals surface area contributed by atoms with Gasteiger partial charge in [0.25, 0.3) is 0 Å². The summed E-state index contributed by atoms with van der Waals surface area (Å²) in [5.41, 5.74) is 5.56. The zero-order valence-corrected chi connectivity index (χ0v) is 14.9. The first-order valence-corrected chi connectivity index (χ1v) is 8.20. The van der Waals surface area contributed by atoms with Crippen LogP contribution in [0.5, 0.6) is 5.75 Å². The van der Waals surface area contributed by atoms with Crippen molar-refractivity contribution >= 4 is 11.9 Å². The maximum atomic E-state index is 12.2. The lowest BCUT2D eigenvalue weighted by Crippen LogP contribution is -2.13. The minimum atomic E-state index is 0.141. The Morgan fingerprint density at radius 2 is 1.65 bits per heavy atom. The van der Waals surface area contributed by atoms with E-state index in [1.165, 1.54) is 0 Å². The minimum Gasteiger partial charge on any atom is -0.507 e. The van der Waals surface area contributed by atoms with Gasteiger partial charge in [-0.1, -0.05) is 27.7 Å². The van der Waals surface area contributed by atoms with E-state index in [1.807, 2.05) is 52.0 Å². The first kappa shape index (κ1) is 17.3. The van der Waals surface area contributed by atoms with Gasteiger partial charge in [0.1, 0.15) is 5.75 Å². The maximum absolute atomic E-state index is 12.2. The highest BCUT2D eigenvalue weighted by molar-refractivity contribution is 6.10. The molecule has 0 heterocycles. The second kappa shape index (κ2) is 6.57. The van der Waals surface area contributed by atoms with E-state index in [1.54, 1.807) is 0 Å². The summed E-state index contributed by atoms with van der Waals surface area (Å²) in [4.78, 5) is 12.2. The van der Waals surface area contributed by atoms with Gasteiger partial charge in [-0.3, -0.25) is 4.79 Å². The summed E-state index contributed by atoms with van der Waals surface area (Å²) in [5.74, 6) is 0.995. The van der Waals surface area contributed by atoms with Gasteiger partial charge in [-0.15, -0.1) is 0 Å². The summed E-state index contributed by atoms with van der Waals surface area (Å²) in [6, 6.07) is 4.01. The maximum Gasteiger partial charge on any atom is 0.185 e. The van der Waals surface area contributed by atoms with Crippen molar-refractivity contribution < 1.29 is 9.90 Å². The van der Waals surface area contributed by atoms with Crippen LogP contribution in [0.4, 0.5) is 0 Å². The van der Waals surface area contributed by atoms with E-state index in [0.717, 1.165) is 33.4 Å². The van der Waals surface area contributed by atoms with Crippen LogP contribution in [0.2, 0.25) is 0 Å². The van der Waals surface area contributed by atoms with Gasteiger partial charge in [-0.2, -0.15) is 0 Å². The van der Waals surface area contributed by atoms with E-state index in [-0.39, 0.29) is 17.6 Å². The first-order valence-electron chi connectivity index (χ1n) is 8.20. The van der Waals surface area contributed by atoms with Crippen molar-refractivity contribution in [3.05, 3.63) is 57.7 Å². The monoisotopic (exact) mass is 310 g/mol. The standard InChI is InChI=1S/C21H26O2/c1-12(2)18-10-16(7-14(5)20(18)22)9-17-8-15(6)21(23)19(11-17)13(3)4/h7-13,22H,1-6H3. The first-order chi connectivity index (χ1) is 10.7. The number of hydrogen-bond donors (Lipinski definition) is 1. The fourth-order valence-electron chi connectivity index (χ4n) is 2.89. The van der Waals surface area contributed by atoms with Gasteiger partial charge in [0.05, 0.1) is 0 Å². The molecule has 0 fully saturated rings. The molecule has 1 aromatic rings.